The van der Waals surface area contributed by atoms with Gasteiger partial charge in [0, 0.05) is 0 Å². The van der Waals surface area contributed by atoms with Gasteiger partial charge in [-0.15, -0.1) is 0 Å². The zero-order valence-electron chi connectivity index (χ0n) is 21.7. The van der Waals surface area contributed by atoms with E-state index >= 15 is 0 Å². The summed E-state index contributed by atoms with van der Waals surface area (Å²) in [6.45, 7) is -1.92. The monoisotopic (exact) mass is 655 g/mol. The molecule has 226 valence electrons. The summed E-state index contributed by atoms with van der Waals surface area (Å²) in [5, 5.41) is 77.0. The van der Waals surface area contributed by atoms with Crippen LogP contribution in [0.1, 0.15) is 0 Å². The van der Waals surface area contributed by atoms with Crippen molar-refractivity contribution in [2.75, 3.05) is 19.9 Å². The first-order valence-electron chi connectivity index (χ1n) is 11.4. The summed E-state index contributed by atoms with van der Waals surface area (Å²) in [5.74, 6) is -0.550. The van der Waals surface area contributed by atoms with E-state index < -0.39 is 108 Å². The Kier molecular flexibility index (Phi) is 14.3. The molecule has 4 heterocycles. The Balaban J connectivity index is 0.00000294. The van der Waals surface area contributed by atoms with E-state index in [-0.39, 0.29) is 65.8 Å². The summed E-state index contributed by atoms with van der Waals surface area (Å²) < 4.78 is 47.8. The summed E-state index contributed by atoms with van der Waals surface area (Å²) in [5.41, 5.74) is 5.66. The number of nitrogens with one attached hydrogen (secondary N) is 2. The van der Waals surface area contributed by atoms with Crippen molar-refractivity contribution < 1.29 is 137 Å². The van der Waals surface area contributed by atoms with Crippen molar-refractivity contribution in [2.45, 2.75) is 73.7 Å². The zero-order chi connectivity index (χ0) is 28.9. The standard InChI is InChI=1S/C16H31N5O16P2.2Na/c17-16-19-12-6(13(28)20-16)18-3-21(12)14-10(26)8(24)5(34-14)2-33-38(29,30)37-39(31,32)36-15-11(27)9(25)7(23)4(1-22)35-15;;/h4-12,14-16,18-19,22-27H,1-3,17H2,(H,20,28)(H,29,30)(H,31,32);;/q;2*+1/p-2/t4-,5-,6?,7-,8-,9+,10-,11+,12?,14-,15-,16?;;/m1../s1. The molecule has 0 saturated carbocycles. The fourth-order valence-electron chi connectivity index (χ4n) is 4.46. The van der Waals surface area contributed by atoms with Crippen LogP contribution in [0, 0.1) is 0 Å². The minimum Gasteiger partial charge on any atom is -0.861 e. The Hall–Kier alpha value is 1.25. The molecule has 3 fully saturated rings. The predicted molar refractivity (Wildman–Crippen MR) is 116 cm³/mol. The van der Waals surface area contributed by atoms with Crippen molar-refractivity contribution in [2.24, 2.45) is 10.7 Å². The molecule has 0 aromatic carbocycles. The fraction of sp³-hybridized carbons (Fsp3) is 0.938. The van der Waals surface area contributed by atoms with Gasteiger partial charge in [0.2, 0.25) is 0 Å². The molecule has 4 aliphatic heterocycles. The third-order valence-corrected chi connectivity index (χ3v) is 8.96. The van der Waals surface area contributed by atoms with E-state index in [4.69, 9.17) is 20.3 Å². The number of phosphoric acid groups is 2. The second-order valence-corrected chi connectivity index (χ2v) is 12.0. The number of hydrogen-bond acceptors (Lipinski definition) is 20. The van der Waals surface area contributed by atoms with Crippen molar-refractivity contribution >= 4 is 21.5 Å². The molecule has 25 heteroatoms. The predicted octanol–water partition coefficient (Wildman–Crippen LogP) is -14.0. The number of aliphatic imine (C=N–C) groups is 1. The molecule has 0 spiro atoms. The van der Waals surface area contributed by atoms with Gasteiger partial charge in [-0.2, -0.15) is 0 Å². The van der Waals surface area contributed by atoms with Crippen LogP contribution >= 0.6 is 15.6 Å². The van der Waals surface area contributed by atoms with Crippen LogP contribution in [0.5, 0.6) is 0 Å². The Morgan fingerprint density at radius 2 is 1.68 bits per heavy atom. The average molecular weight is 655 g/mol. The summed E-state index contributed by atoms with van der Waals surface area (Å²) in [7, 11) is -11.3. The summed E-state index contributed by atoms with van der Waals surface area (Å²) in [6.07, 6.45) is -17.6. The number of aliphatic hydroxyl groups excluding tert-OH is 6. The van der Waals surface area contributed by atoms with Crippen molar-refractivity contribution in [1.29, 1.82) is 0 Å². The Morgan fingerprint density at radius 3 is 2.32 bits per heavy atom. The molecule has 14 atom stereocenters. The zero-order valence-corrected chi connectivity index (χ0v) is 27.5. The molecule has 0 amide bonds. The Labute approximate surface area is 276 Å². The van der Waals surface area contributed by atoms with Gasteiger partial charge < -0.3 is 59.5 Å². The van der Waals surface area contributed by atoms with Crippen LogP contribution in [0.3, 0.4) is 0 Å². The van der Waals surface area contributed by atoms with E-state index in [0.717, 1.165) is 0 Å². The molecule has 0 aromatic heterocycles. The second-order valence-electron chi connectivity index (χ2n) is 9.02. The molecule has 0 aliphatic carbocycles. The normalized spacial score (nSPS) is 44.1. The number of nitrogens with zero attached hydrogens (tertiary/aromatic N) is 2. The molecule has 5 unspecified atom stereocenters. The topological polar surface area (TPSA) is 334 Å². The third kappa shape index (κ3) is 8.74. The number of hydrogen-bond donors (Lipinski definition) is 10. The molecule has 11 N–H and O–H groups in total. The summed E-state index contributed by atoms with van der Waals surface area (Å²) in [4.78, 5) is 27.1. The van der Waals surface area contributed by atoms with Crippen LogP contribution in [0.25, 0.3) is 0 Å². The number of rotatable bonds is 9. The smallest absolute Gasteiger partial charge is 0.861 e. The molecular weight excluding hydrogens is 626 g/mol. The minimum absolute atomic E-state index is 0. The minimum atomic E-state index is -5.71. The van der Waals surface area contributed by atoms with Gasteiger partial charge in [-0.3, -0.25) is 30.4 Å². The van der Waals surface area contributed by atoms with Crippen LogP contribution in [-0.2, 0) is 32.0 Å². The summed E-state index contributed by atoms with van der Waals surface area (Å²) >= 11 is 0. The van der Waals surface area contributed by atoms with Crippen LogP contribution < -0.4 is 85.5 Å². The van der Waals surface area contributed by atoms with E-state index in [1.54, 1.807) is 0 Å². The number of fused-ring (bicyclic) bond motifs is 1. The van der Waals surface area contributed by atoms with Crippen molar-refractivity contribution in [3.05, 3.63) is 0 Å². The van der Waals surface area contributed by atoms with Gasteiger partial charge in [0.15, 0.2) is 12.6 Å². The van der Waals surface area contributed by atoms with E-state index in [1.807, 2.05) is 0 Å². The second kappa shape index (κ2) is 15.2. The maximum absolute atomic E-state index is 12.2. The van der Waals surface area contributed by atoms with Gasteiger partial charge in [-0.1, -0.05) is 0 Å². The van der Waals surface area contributed by atoms with Gasteiger partial charge in [-0.25, -0.2) is 13.8 Å². The fourth-order valence-corrected chi connectivity index (χ4v) is 6.58. The molecule has 41 heavy (non-hydrogen) atoms. The van der Waals surface area contributed by atoms with Gasteiger partial charge >= 0.3 is 66.9 Å². The average Bonchev–Trinajstić information content (AvgIpc) is 3.38. The van der Waals surface area contributed by atoms with Crippen molar-refractivity contribution in [1.82, 2.24) is 15.5 Å². The van der Waals surface area contributed by atoms with Gasteiger partial charge in [0.25, 0.3) is 7.82 Å². The molecule has 0 aromatic rings. The first-order valence-corrected chi connectivity index (χ1v) is 14.4. The molecular formula is C16H29N5Na2O16P2. The van der Waals surface area contributed by atoms with Gasteiger partial charge in [0.05, 0.1) is 32.1 Å². The van der Waals surface area contributed by atoms with Gasteiger partial charge in [-0.05, 0) is 5.90 Å². The first-order chi connectivity index (χ1) is 18.1. The number of phosphoric ester groups is 2. The maximum Gasteiger partial charge on any atom is 1.00 e. The van der Waals surface area contributed by atoms with E-state index in [2.05, 4.69) is 29.0 Å². The Bertz CT molecular complexity index is 1020. The maximum atomic E-state index is 12.2. The summed E-state index contributed by atoms with van der Waals surface area (Å²) in [6, 6.07) is -0.828. The number of nitrogens with two attached hydrogens (primary N) is 1. The van der Waals surface area contributed by atoms with E-state index in [1.165, 1.54) is 4.90 Å². The largest absolute Gasteiger partial charge is 1.00 e. The van der Waals surface area contributed by atoms with Crippen LogP contribution in [0.4, 0.5) is 0 Å². The quantitative estimate of drug-likeness (QED) is 0.0814. The van der Waals surface area contributed by atoms with Crippen molar-refractivity contribution in [3.63, 3.8) is 0 Å². The number of aliphatic hydroxyl groups is 6. The Morgan fingerprint density at radius 1 is 1.05 bits per heavy atom. The van der Waals surface area contributed by atoms with Crippen molar-refractivity contribution in [3.8, 4) is 0 Å². The molecule has 0 bridgehead atoms. The first kappa shape index (κ1) is 38.4. The number of ether oxygens (including phenoxy) is 2. The van der Waals surface area contributed by atoms with Crippen LogP contribution in [-0.4, -0.2) is 140 Å². The molecule has 3 saturated heterocycles. The molecule has 0 radical (unpaired) electrons. The molecule has 4 aliphatic rings. The van der Waals surface area contributed by atoms with E-state index in [9.17, 15) is 49.6 Å². The van der Waals surface area contributed by atoms with E-state index in [0.29, 0.717) is 0 Å². The third-order valence-electron chi connectivity index (χ3n) is 6.39. The molecule has 21 nitrogen and oxygen atoms in total. The molecule has 4 rings (SSSR count). The van der Waals surface area contributed by atoms with Crippen LogP contribution in [0.15, 0.2) is 4.99 Å². The van der Waals surface area contributed by atoms with Gasteiger partial charge in [0.1, 0.15) is 49.0 Å². The van der Waals surface area contributed by atoms with Crippen LogP contribution in [0.2, 0.25) is 0 Å². The SMILES string of the molecule is NC1N=C([O-])C2NCN([C@@H]3O[C@H](COP(=O)([O-])OP(=O)(O)O[C@H]4O[C@H](CO)[C@@H](O)[C@H](O)[C@@H]4O)[C@@H](O)[C@H]3O)C2N1.[Na+].[Na+].